The Bertz CT molecular complexity index is 1060. The van der Waals surface area contributed by atoms with Gasteiger partial charge < -0.3 is 10.1 Å². The molecule has 0 fully saturated rings. The predicted molar refractivity (Wildman–Crippen MR) is 127 cm³/mol. The van der Waals surface area contributed by atoms with Crippen LogP contribution in [0.15, 0.2) is 41.1 Å². The monoisotopic (exact) mass is 605 g/mol. The summed E-state index contributed by atoms with van der Waals surface area (Å²) in [6.45, 7) is 4.51. The predicted octanol–water partition coefficient (Wildman–Crippen LogP) is 8.65. The van der Waals surface area contributed by atoms with Crippen LogP contribution in [0, 0.1) is 0 Å². The van der Waals surface area contributed by atoms with E-state index in [0.29, 0.717) is 18.7 Å². The van der Waals surface area contributed by atoms with Gasteiger partial charge in [0, 0.05) is 5.69 Å². The first kappa shape index (κ1) is 35.0. The number of rotatable bonds is 11. The van der Waals surface area contributed by atoms with Crippen LogP contribution in [-0.4, -0.2) is 59.5 Å². The van der Waals surface area contributed by atoms with Crippen molar-refractivity contribution in [2.45, 2.75) is 86.5 Å². The molecule has 226 valence electrons. The number of hydrogen-bond donors (Lipinski definition) is 1. The van der Waals surface area contributed by atoms with Gasteiger partial charge in [-0.15, -0.1) is 0 Å². The van der Waals surface area contributed by atoms with E-state index in [1.165, 1.54) is 17.5 Å². The molecule has 0 aliphatic carbocycles. The molecule has 1 amide bonds. The number of halogens is 11. The van der Waals surface area contributed by atoms with Crippen molar-refractivity contribution in [1.29, 1.82) is 0 Å². The van der Waals surface area contributed by atoms with Crippen molar-refractivity contribution >= 4 is 21.6 Å². The van der Waals surface area contributed by atoms with Crippen LogP contribution in [0.5, 0.6) is 0 Å². The molecule has 0 aliphatic rings. The lowest BCUT2D eigenvalue weighted by Gasteiger charge is -2.48. The molecule has 0 aliphatic heterocycles. The normalized spacial score (nSPS) is 20.1. The van der Waals surface area contributed by atoms with Crippen LogP contribution in [0.4, 0.5) is 54.0 Å². The average molecular weight is 606 g/mol. The highest BCUT2D eigenvalue weighted by molar-refractivity contribution is 8.35. The zero-order valence-corrected chi connectivity index (χ0v) is 22.7. The average Bonchev–Trinajstić information content (AvgIpc) is 2.80. The molecule has 0 spiro atoms. The van der Waals surface area contributed by atoms with Gasteiger partial charge in [-0.3, -0.25) is 4.79 Å². The van der Waals surface area contributed by atoms with Gasteiger partial charge in [-0.05, 0) is 62.3 Å². The van der Waals surface area contributed by atoms with Crippen LogP contribution in [0.25, 0.3) is 0 Å². The molecule has 1 rings (SSSR count). The molecule has 0 saturated heterocycles. The summed E-state index contributed by atoms with van der Waals surface area (Å²) in [6.07, 6.45) is -19.1. The molecule has 4 atom stereocenters. The highest BCUT2D eigenvalue weighted by atomic mass is 32.3. The number of benzene rings is 1. The molecular formula is C24H30F11NO2S. The van der Waals surface area contributed by atoms with Gasteiger partial charge in [-0.25, -0.2) is 23.2 Å². The summed E-state index contributed by atoms with van der Waals surface area (Å²) in [5.74, 6) is -2.63. The molecule has 0 bridgehead atoms. The van der Waals surface area contributed by atoms with Crippen LogP contribution < -0.4 is 5.32 Å². The molecule has 15 heteroatoms. The van der Waals surface area contributed by atoms with Gasteiger partial charge in [0.15, 0.2) is 5.67 Å². The van der Waals surface area contributed by atoms with Gasteiger partial charge in [0.2, 0.25) is 0 Å². The Labute approximate surface area is 220 Å². The van der Waals surface area contributed by atoms with E-state index in [0.717, 1.165) is 12.1 Å². The quantitative estimate of drug-likeness (QED) is 0.257. The maximum Gasteiger partial charge on any atom is 0.434 e. The van der Waals surface area contributed by atoms with Crippen molar-refractivity contribution in [3.05, 3.63) is 36.3 Å². The van der Waals surface area contributed by atoms with E-state index < -0.39 is 75.5 Å². The molecule has 39 heavy (non-hydrogen) atoms. The van der Waals surface area contributed by atoms with Crippen molar-refractivity contribution in [2.24, 2.45) is 0 Å². The number of nitrogens with one attached hydrogen (secondary N) is 1. The Kier molecular flexibility index (Phi) is 9.65. The maximum absolute atomic E-state index is 15.9. The minimum absolute atomic E-state index is 0.0757. The lowest BCUT2D eigenvalue weighted by Crippen LogP contribution is -2.72. The van der Waals surface area contributed by atoms with Gasteiger partial charge in [0.1, 0.15) is 5.60 Å². The van der Waals surface area contributed by atoms with E-state index in [9.17, 15) is 44.3 Å². The summed E-state index contributed by atoms with van der Waals surface area (Å²) in [6, 6.07) is 5.02. The second-order valence-electron chi connectivity index (χ2n) is 9.62. The van der Waals surface area contributed by atoms with Gasteiger partial charge >= 0.3 is 29.8 Å². The number of ether oxygens (including phenoxy) is 1. The molecule has 0 saturated carbocycles. The summed E-state index contributed by atoms with van der Waals surface area (Å²) in [5.41, 5.74) is -20.7. The van der Waals surface area contributed by atoms with E-state index in [1.54, 1.807) is 17.8 Å². The third-order valence-electron chi connectivity index (χ3n) is 6.75. The van der Waals surface area contributed by atoms with Crippen molar-refractivity contribution in [1.82, 2.24) is 0 Å². The van der Waals surface area contributed by atoms with E-state index in [1.807, 2.05) is 0 Å². The maximum atomic E-state index is 15.9. The molecule has 1 N–H and O–H groups in total. The molecule has 1 aromatic rings. The SMILES string of the molecule is C=CS(C)(C)c1cccc(NC(=O)C(F)(C(F)(F)F)C(C)(CC)OC(F)(F)C(F)(C(F)(F)F)C(C)(F)CC)c1. The fourth-order valence-corrected chi connectivity index (χ4v) is 4.68. The fraction of sp³-hybridized carbons (Fsp3) is 0.625. The zero-order chi connectivity index (χ0) is 31.1. The van der Waals surface area contributed by atoms with Crippen molar-refractivity contribution in [2.75, 3.05) is 17.8 Å². The number of carbonyl (C=O) groups is 1. The van der Waals surface area contributed by atoms with Crippen LogP contribution in [-0.2, 0) is 9.53 Å². The van der Waals surface area contributed by atoms with Crippen LogP contribution in [0.3, 0.4) is 0 Å². The van der Waals surface area contributed by atoms with Crippen molar-refractivity contribution in [3.63, 3.8) is 0 Å². The third-order valence-corrected chi connectivity index (χ3v) is 9.05. The van der Waals surface area contributed by atoms with Crippen LogP contribution >= 0.6 is 10.0 Å². The van der Waals surface area contributed by atoms with Crippen molar-refractivity contribution in [3.8, 4) is 0 Å². The van der Waals surface area contributed by atoms with Gasteiger partial charge in [0.05, 0.1) is 0 Å². The number of amides is 1. The third kappa shape index (κ3) is 5.89. The summed E-state index contributed by atoms with van der Waals surface area (Å²) in [5, 5.41) is 3.13. The first-order chi connectivity index (χ1) is 17.2. The summed E-state index contributed by atoms with van der Waals surface area (Å²) < 4.78 is 162. The van der Waals surface area contributed by atoms with E-state index >= 15 is 8.78 Å². The Hall–Kier alpha value is -2.03. The Morgan fingerprint density at radius 2 is 1.44 bits per heavy atom. The summed E-state index contributed by atoms with van der Waals surface area (Å²) >= 11 is 0. The second kappa shape index (κ2) is 10.7. The van der Waals surface area contributed by atoms with E-state index in [2.05, 4.69) is 11.3 Å². The number of carbonyl (C=O) groups excluding carboxylic acids is 1. The number of hydrogen-bond acceptors (Lipinski definition) is 2. The molecule has 4 unspecified atom stereocenters. The smallest absolute Gasteiger partial charge is 0.323 e. The Morgan fingerprint density at radius 1 is 0.923 bits per heavy atom. The molecule has 3 nitrogen and oxygen atoms in total. The Morgan fingerprint density at radius 3 is 1.82 bits per heavy atom. The largest absolute Gasteiger partial charge is 0.434 e. The first-order valence-corrected chi connectivity index (χ1v) is 13.8. The minimum atomic E-state index is -6.73. The molecular weight excluding hydrogens is 575 g/mol. The second-order valence-corrected chi connectivity index (χ2v) is 13.2. The lowest BCUT2D eigenvalue weighted by molar-refractivity contribution is -0.442. The summed E-state index contributed by atoms with van der Waals surface area (Å²) in [4.78, 5) is 13.2. The van der Waals surface area contributed by atoms with Crippen molar-refractivity contribution < 1.29 is 57.8 Å². The zero-order valence-electron chi connectivity index (χ0n) is 21.9. The lowest BCUT2D eigenvalue weighted by atomic mass is 9.80. The number of anilines is 1. The molecule has 0 aromatic heterocycles. The molecule has 0 heterocycles. The standard InChI is InChI=1S/C24H30F11NO2S/c1-8-18(4,25)21(27,23(31,32)33)24(34,35)38-19(5,9-2)20(26,22(28,29)30)17(37)36-15-12-11-13-16(14-15)39(6,7)10-3/h10-14H,3,8-9H2,1-2,4-7H3,(H,36,37). The minimum Gasteiger partial charge on any atom is -0.323 e. The first-order valence-electron chi connectivity index (χ1n) is 11.3. The van der Waals surface area contributed by atoms with Gasteiger partial charge in [-0.1, -0.05) is 31.9 Å². The Balaban J connectivity index is 3.75. The molecule has 1 aromatic carbocycles. The van der Waals surface area contributed by atoms with E-state index in [-0.39, 0.29) is 13.8 Å². The fourth-order valence-electron chi connectivity index (χ4n) is 3.63. The molecule has 0 radical (unpaired) electrons. The van der Waals surface area contributed by atoms with Crippen LogP contribution in [0.1, 0.15) is 40.5 Å². The topological polar surface area (TPSA) is 38.3 Å². The van der Waals surface area contributed by atoms with E-state index in [4.69, 9.17) is 0 Å². The van der Waals surface area contributed by atoms with Gasteiger partial charge in [0.25, 0.3) is 5.91 Å². The highest BCUT2D eigenvalue weighted by Gasteiger charge is 2.83. The summed E-state index contributed by atoms with van der Waals surface area (Å²) in [7, 11) is -1.74. The van der Waals surface area contributed by atoms with Crippen LogP contribution in [0.2, 0.25) is 0 Å². The van der Waals surface area contributed by atoms with Gasteiger partial charge in [-0.2, -0.15) is 35.1 Å². The number of alkyl halides is 11. The highest BCUT2D eigenvalue weighted by Crippen LogP contribution is 2.58.